The second-order valence-corrected chi connectivity index (χ2v) is 6.48. The Morgan fingerprint density at radius 3 is 3.05 bits per heavy atom. The normalized spacial score (nSPS) is 28.3. The molecule has 1 aromatic heterocycles. The van der Waals surface area contributed by atoms with Gasteiger partial charge in [-0.25, -0.2) is 0 Å². The third kappa shape index (κ3) is 3.38. The van der Waals surface area contributed by atoms with Gasteiger partial charge < -0.3 is 9.84 Å². The molecule has 0 amide bonds. The summed E-state index contributed by atoms with van der Waals surface area (Å²) in [6, 6.07) is 0. The highest BCUT2D eigenvalue weighted by Crippen LogP contribution is 2.40. The molecule has 0 aliphatic heterocycles. The summed E-state index contributed by atoms with van der Waals surface area (Å²) in [6.45, 7) is 3.55. The van der Waals surface area contributed by atoms with Crippen LogP contribution in [-0.2, 0) is 16.9 Å². The zero-order chi connectivity index (χ0) is 13.9. The molecule has 5 heteroatoms. The quantitative estimate of drug-likeness (QED) is 0.863. The summed E-state index contributed by atoms with van der Waals surface area (Å²) in [5.74, 6) is 0.697. The van der Waals surface area contributed by atoms with Crippen LogP contribution >= 0.6 is 15.9 Å². The number of methoxy groups -OCH3 is 1. The highest BCUT2D eigenvalue weighted by Gasteiger charge is 2.36. The number of ether oxygens (including phenoxy) is 1. The van der Waals surface area contributed by atoms with Gasteiger partial charge in [0.2, 0.25) is 0 Å². The number of rotatable bonds is 4. The lowest BCUT2D eigenvalue weighted by molar-refractivity contribution is 0.00913. The van der Waals surface area contributed by atoms with Gasteiger partial charge in [0, 0.05) is 7.11 Å². The molecular weight excluding hydrogens is 308 g/mol. The van der Waals surface area contributed by atoms with E-state index in [4.69, 9.17) is 4.74 Å². The molecule has 1 saturated carbocycles. The maximum Gasteiger partial charge on any atom is 0.107 e. The number of halogens is 1. The van der Waals surface area contributed by atoms with E-state index in [0.717, 1.165) is 35.8 Å². The van der Waals surface area contributed by atoms with Crippen molar-refractivity contribution in [3.8, 4) is 0 Å². The average molecular weight is 331 g/mol. The molecule has 2 unspecified atom stereocenters. The van der Waals surface area contributed by atoms with Gasteiger partial charge in [0.1, 0.15) is 5.60 Å². The van der Waals surface area contributed by atoms with E-state index in [1.807, 2.05) is 4.68 Å². The first kappa shape index (κ1) is 15.0. The van der Waals surface area contributed by atoms with Crippen LogP contribution in [-0.4, -0.2) is 28.6 Å². The minimum Gasteiger partial charge on any atom is -0.384 e. The fourth-order valence-electron chi connectivity index (χ4n) is 2.91. The molecule has 19 heavy (non-hydrogen) atoms. The molecule has 1 aromatic rings. The van der Waals surface area contributed by atoms with Crippen molar-refractivity contribution in [3.05, 3.63) is 16.4 Å². The van der Waals surface area contributed by atoms with Crippen molar-refractivity contribution in [3.63, 3.8) is 0 Å². The first-order chi connectivity index (χ1) is 9.07. The van der Waals surface area contributed by atoms with Crippen molar-refractivity contribution in [2.75, 3.05) is 13.7 Å². The van der Waals surface area contributed by atoms with Crippen LogP contribution in [0, 0.1) is 5.92 Å². The monoisotopic (exact) mass is 330 g/mol. The van der Waals surface area contributed by atoms with Crippen LogP contribution in [0.5, 0.6) is 0 Å². The Morgan fingerprint density at radius 2 is 2.32 bits per heavy atom. The van der Waals surface area contributed by atoms with Gasteiger partial charge in [-0.05, 0) is 47.5 Å². The largest absolute Gasteiger partial charge is 0.384 e. The van der Waals surface area contributed by atoms with Gasteiger partial charge in [-0.2, -0.15) is 5.10 Å². The Labute approximate surface area is 123 Å². The van der Waals surface area contributed by atoms with Crippen LogP contribution in [0.25, 0.3) is 0 Å². The van der Waals surface area contributed by atoms with Gasteiger partial charge in [-0.15, -0.1) is 0 Å². The fraction of sp³-hybridized carbons (Fsp3) is 0.786. The summed E-state index contributed by atoms with van der Waals surface area (Å²) in [4.78, 5) is 0. The second kappa shape index (κ2) is 6.37. The molecule has 4 nitrogen and oxygen atoms in total. The molecule has 0 radical (unpaired) electrons. The lowest BCUT2D eigenvalue weighted by atomic mass is 9.90. The standard InChI is InChI=1S/C14H23BrN2O2/c1-11-4-3-6-14(18,7-5-11)13-12(15)10-16-17(13)8-9-19-2/h10-11,18H,3-9H2,1-2H3. The third-order valence-electron chi connectivity index (χ3n) is 4.08. The summed E-state index contributed by atoms with van der Waals surface area (Å²) in [5, 5.41) is 15.4. The van der Waals surface area contributed by atoms with Crippen LogP contribution in [0.3, 0.4) is 0 Å². The Kier molecular flexibility index (Phi) is 5.03. The van der Waals surface area contributed by atoms with E-state index in [9.17, 15) is 5.11 Å². The Bertz CT molecular complexity index is 422. The number of aromatic nitrogens is 2. The summed E-state index contributed by atoms with van der Waals surface area (Å²) in [5.41, 5.74) is 0.159. The zero-order valence-electron chi connectivity index (χ0n) is 11.7. The van der Waals surface area contributed by atoms with E-state index in [1.165, 1.54) is 6.42 Å². The molecule has 2 rings (SSSR count). The molecule has 1 heterocycles. The highest BCUT2D eigenvalue weighted by molar-refractivity contribution is 9.10. The van der Waals surface area contributed by atoms with Crippen LogP contribution in [0.15, 0.2) is 10.7 Å². The lowest BCUT2D eigenvalue weighted by Crippen LogP contribution is -2.29. The van der Waals surface area contributed by atoms with Crippen molar-refractivity contribution < 1.29 is 9.84 Å². The van der Waals surface area contributed by atoms with Crippen molar-refractivity contribution in [2.24, 2.45) is 5.92 Å². The third-order valence-corrected chi connectivity index (χ3v) is 4.66. The SMILES string of the molecule is COCCn1ncc(Br)c1C1(O)CCCC(C)CC1. The number of aliphatic hydroxyl groups is 1. The topological polar surface area (TPSA) is 47.3 Å². The molecule has 0 saturated heterocycles. The first-order valence-corrected chi connectivity index (χ1v) is 7.79. The van der Waals surface area contributed by atoms with Gasteiger partial charge in [0.05, 0.1) is 29.5 Å². The van der Waals surface area contributed by atoms with Gasteiger partial charge in [0.15, 0.2) is 0 Å². The maximum atomic E-state index is 11.1. The van der Waals surface area contributed by atoms with E-state index < -0.39 is 5.60 Å². The second-order valence-electron chi connectivity index (χ2n) is 5.62. The Balaban J connectivity index is 2.25. The molecule has 1 aliphatic rings. The number of hydrogen-bond donors (Lipinski definition) is 1. The first-order valence-electron chi connectivity index (χ1n) is 7.00. The lowest BCUT2D eigenvalue weighted by Gasteiger charge is -2.28. The van der Waals surface area contributed by atoms with Crippen molar-refractivity contribution in [1.29, 1.82) is 0 Å². The summed E-state index contributed by atoms with van der Waals surface area (Å²) in [7, 11) is 1.68. The smallest absolute Gasteiger partial charge is 0.107 e. The van der Waals surface area contributed by atoms with Gasteiger partial charge in [0.25, 0.3) is 0 Å². The molecule has 1 fully saturated rings. The minimum atomic E-state index is -0.756. The number of nitrogens with zero attached hydrogens (tertiary/aromatic N) is 2. The van der Waals surface area contributed by atoms with Crippen molar-refractivity contribution >= 4 is 15.9 Å². The van der Waals surface area contributed by atoms with E-state index >= 15 is 0 Å². The molecular formula is C14H23BrN2O2. The molecule has 108 valence electrons. The average Bonchev–Trinajstić information content (AvgIpc) is 2.66. The number of hydrogen-bond acceptors (Lipinski definition) is 3. The van der Waals surface area contributed by atoms with Crippen LogP contribution in [0.4, 0.5) is 0 Å². The van der Waals surface area contributed by atoms with Gasteiger partial charge >= 0.3 is 0 Å². The van der Waals surface area contributed by atoms with E-state index in [0.29, 0.717) is 19.1 Å². The molecule has 0 bridgehead atoms. The molecule has 1 aliphatic carbocycles. The molecule has 0 spiro atoms. The summed E-state index contributed by atoms with van der Waals surface area (Å²) < 4.78 is 7.90. The molecule has 0 aromatic carbocycles. The predicted octanol–water partition coefficient (Wildman–Crippen LogP) is 3.08. The fourth-order valence-corrected chi connectivity index (χ4v) is 3.57. The zero-order valence-corrected chi connectivity index (χ0v) is 13.3. The van der Waals surface area contributed by atoms with Crippen LogP contribution in [0.2, 0.25) is 0 Å². The predicted molar refractivity (Wildman–Crippen MR) is 77.9 cm³/mol. The van der Waals surface area contributed by atoms with Gasteiger partial charge in [-0.1, -0.05) is 13.3 Å². The summed E-state index contributed by atoms with van der Waals surface area (Å²) in [6.07, 6.45) is 6.74. The van der Waals surface area contributed by atoms with E-state index in [-0.39, 0.29) is 0 Å². The van der Waals surface area contributed by atoms with Crippen molar-refractivity contribution in [1.82, 2.24) is 9.78 Å². The summed E-state index contributed by atoms with van der Waals surface area (Å²) >= 11 is 3.54. The van der Waals surface area contributed by atoms with Crippen LogP contribution in [0.1, 0.15) is 44.7 Å². The molecule has 2 atom stereocenters. The van der Waals surface area contributed by atoms with Crippen molar-refractivity contribution in [2.45, 2.75) is 51.2 Å². The van der Waals surface area contributed by atoms with E-state index in [1.54, 1.807) is 13.3 Å². The van der Waals surface area contributed by atoms with Crippen LogP contribution < -0.4 is 0 Å². The molecule has 1 N–H and O–H groups in total. The maximum absolute atomic E-state index is 11.1. The highest BCUT2D eigenvalue weighted by atomic mass is 79.9. The van der Waals surface area contributed by atoms with E-state index in [2.05, 4.69) is 28.0 Å². The van der Waals surface area contributed by atoms with Gasteiger partial charge in [-0.3, -0.25) is 4.68 Å². The Hall–Kier alpha value is -0.390. The minimum absolute atomic E-state index is 0.605. The Morgan fingerprint density at radius 1 is 1.53 bits per heavy atom.